The normalized spacial score (nSPS) is 20.9. The van der Waals surface area contributed by atoms with Crippen molar-refractivity contribution in [2.75, 3.05) is 14.2 Å². The van der Waals surface area contributed by atoms with Gasteiger partial charge in [0.15, 0.2) is 0 Å². The lowest BCUT2D eigenvalue weighted by Crippen LogP contribution is -2.41. The monoisotopic (exact) mass is 426 g/mol. The van der Waals surface area contributed by atoms with Crippen molar-refractivity contribution in [2.45, 2.75) is 16.2 Å². The molecule has 3 rings (SSSR count). The summed E-state index contributed by atoms with van der Waals surface area (Å²) < 4.78 is 9.63. The van der Waals surface area contributed by atoms with E-state index in [1.165, 1.54) is 0 Å². The van der Waals surface area contributed by atoms with Crippen molar-refractivity contribution in [3.63, 3.8) is 0 Å². The third kappa shape index (κ3) is 3.36. The number of nitrogens with zero attached hydrogens (tertiary/aromatic N) is 1. The molecule has 2 aromatic rings. The lowest BCUT2D eigenvalue weighted by Gasteiger charge is -2.34. The number of ether oxygens (including phenoxy) is 2. The molecule has 148 valence electrons. The van der Waals surface area contributed by atoms with Gasteiger partial charge in [-0.1, -0.05) is 23.1 Å². The van der Waals surface area contributed by atoms with Gasteiger partial charge in [-0.3, -0.25) is 24.5 Å². The summed E-state index contributed by atoms with van der Waals surface area (Å²) in [6, 6.07) is 3.36. The SMILES string of the molecule is COC(=O)[C@@H]1[C@H](c2cc([N+](=O)[O-])ccc2O)c2sc(=O)[nH]c2S[C@H]1C(=O)OC. The van der Waals surface area contributed by atoms with Crippen LogP contribution in [0.5, 0.6) is 5.75 Å². The molecule has 0 radical (unpaired) electrons. The van der Waals surface area contributed by atoms with Crippen LogP contribution in [-0.4, -0.2) is 46.4 Å². The van der Waals surface area contributed by atoms with Crippen LogP contribution in [0.2, 0.25) is 0 Å². The van der Waals surface area contributed by atoms with E-state index >= 15 is 0 Å². The van der Waals surface area contributed by atoms with Gasteiger partial charge in [-0.25, -0.2) is 0 Å². The molecule has 0 aliphatic carbocycles. The zero-order chi connectivity index (χ0) is 20.6. The zero-order valence-electron chi connectivity index (χ0n) is 14.5. The fourth-order valence-corrected chi connectivity index (χ4v) is 5.59. The van der Waals surface area contributed by atoms with Gasteiger partial charge in [0.05, 0.1) is 30.1 Å². The number of rotatable bonds is 4. The van der Waals surface area contributed by atoms with E-state index in [0.29, 0.717) is 9.90 Å². The molecule has 1 aromatic heterocycles. The number of benzene rings is 1. The first-order valence-electron chi connectivity index (χ1n) is 7.81. The second-order valence-corrected chi connectivity index (χ2v) is 7.96. The third-order valence-corrected chi connectivity index (χ3v) is 6.71. The molecular weight excluding hydrogens is 412 g/mol. The average molecular weight is 426 g/mol. The number of hydrogen-bond donors (Lipinski definition) is 2. The van der Waals surface area contributed by atoms with Crippen molar-refractivity contribution in [2.24, 2.45) is 5.92 Å². The maximum Gasteiger partial charge on any atom is 0.320 e. The van der Waals surface area contributed by atoms with Gasteiger partial charge >= 0.3 is 16.8 Å². The smallest absolute Gasteiger partial charge is 0.320 e. The molecule has 0 bridgehead atoms. The predicted molar refractivity (Wildman–Crippen MR) is 98.7 cm³/mol. The van der Waals surface area contributed by atoms with E-state index in [0.717, 1.165) is 55.5 Å². The Balaban J connectivity index is 2.29. The molecule has 0 spiro atoms. The quantitative estimate of drug-likeness (QED) is 0.422. The summed E-state index contributed by atoms with van der Waals surface area (Å²) in [5, 5.41) is 20.8. The number of aromatic nitrogens is 1. The number of phenols is 1. The number of fused-ring (bicyclic) bond motifs is 1. The minimum absolute atomic E-state index is 0.0373. The maximum atomic E-state index is 12.6. The van der Waals surface area contributed by atoms with Gasteiger partial charge < -0.3 is 19.6 Å². The van der Waals surface area contributed by atoms with Gasteiger partial charge in [-0.2, -0.15) is 0 Å². The highest BCUT2D eigenvalue weighted by Crippen LogP contribution is 2.51. The van der Waals surface area contributed by atoms with Gasteiger partial charge in [0.25, 0.3) is 5.69 Å². The van der Waals surface area contributed by atoms with Gasteiger partial charge in [-0.05, 0) is 6.07 Å². The Morgan fingerprint density at radius 2 is 1.93 bits per heavy atom. The summed E-state index contributed by atoms with van der Waals surface area (Å²) in [5.74, 6) is -4.00. The molecule has 0 fully saturated rings. The number of carbonyl (C=O) groups is 2. The highest BCUT2D eigenvalue weighted by molar-refractivity contribution is 8.00. The number of thioether (sulfide) groups is 1. The summed E-state index contributed by atoms with van der Waals surface area (Å²) in [7, 11) is 2.30. The van der Waals surface area contributed by atoms with E-state index in [9.17, 15) is 29.6 Å². The van der Waals surface area contributed by atoms with Gasteiger partial charge in [0.2, 0.25) is 0 Å². The van der Waals surface area contributed by atoms with Crippen molar-refractivity contribution in [3.05, 3.63) is 48.4 Å². The fraction of sp³-hybridized carbons (Fsp3) is 0.312. The Kier molecular flexibility index (Phi) is 5.42. The summed E-state index contributed by atoms with van der Waals surface area (Å²) in [5.41, 5.74) is -0.274. The van der Waals surface area contributed by atoms with Crippen LogP contribution in [0.3, 0.4) is 0 Å². The second-order valence-electron chi connectivity index (χ2n) is 5.80. The third-order valence-electron chi connectivity index (χ3n) is 4.32. The van der Waals surface area contributed by atoms with Crippen LogP contribution in [0.25, 0.3) is 0 Å². The predicted octanol–water partition coefficient (Wildman–Crippen LogP) is 1.62. The highest BCUT2D eigenvalue weighted by Gasteiger charge is 2.49. The molecule has 0 amide bonds. The molecule has 1 aliphatic rings. The molecular formula is C16H14N2O8S2. The number of methoxy groups -OCH3 is 2. The average Bonchev–Trinajstić information content (AvgIpc) is 3.05. The molecule has 2 N–H and O–H groups in total. The van der Waals surface area contributed by atoms with E-state index < -0.39 is 38.8 Å². The molecule has 2 heterocycles. The number of nitro groups is 1. The summed E-state index contributed by atoms with van der Waals surface area (Å²) in [6.07, 6.45) is 0. The molecule has 0 saturated carbocycles. The molecule has 3 atom stereocenters. The lowest BCUT2D eigenvalue weighted by molar-refractivity contribution is -0.385. The molecule has 0 saturated heterocycles. The van der Waals surface area contributed by atoms with Crippen LogP contribution in [-0.2, 0) is 19.1 Å². The van der Waals surface area contributed by atoms with Crippen LogP contribution >= 0.6 is 23.1 Å². The number of phenolic OH excluding ortho intramolecular Hbond substituents is 1. The van der Waals surface area contributed by atoms with Gasteiger partial charge in [0, 0.05) is 28.5 Å². The molecule has 12 heteroatoms. The first-order valence-corrected chi connectivity index (χ1v) is 9.50. The number of aromatic amines is 1. The Bertz CT molecular complexity index is 1010. The van der Waals surface area contributed by atoms with Crippen LogP contribution in [0, 0.1) is 16.0 Å². The largest absolute Gasteiger partial charge is 0.508 e. The number of carbonyl (C=O) groups excluding carboxylic acids is 2. The number of nitro benzene ring substituents is 1. The fourth-order valence-electron chi connectivity index (χ4n) is 3.10. The number of nitrogens with one attached hydrogen (secondary N) is 1. The number of hydrogen-bond acceptors (Lipinski definition) is 10. The first kappa shape index (κ1) is 19.9. The molecule has 1 aliphatic heterocycles. The van der Waals surface area contributed by atoms with Gasteiger partial charge in [-0.15, -0.1) is 0 Å². The zero-order valence-corrected chi connectivity index (χ0v) is 16.2. The number of non-ortho nitro benzene ring substituents is 1. The second kappa shape index (κ2) is 7.64. The Hall–Kier alpha value is -2.86. The highest BCUT2D eigenvalue weighted by atomic mass is 32.2. The number of aromatic hydroxyl groups is 1. The van der Waals surface area contributed by atoms with Crippen molar-refractivity contribution in [1.82, 2.24) is 4.98 Å². The van der Waals surface area contributed by atoms with E-state index in [1.54, 1.807) is 0 Å². The molecule has 1 aromatic carbocycles. The van der Waals surface area contributed by atoms with Crippen LogP contribution < -0.4 is 4.87 Å². The van der Waals surface area contributed by atoms with Crippen molar-refractivity contribution >= 4 is 40.7 Å². The van der Waals surface area contributed by atoms with E-state index in [1.807, 2.05) is 0 Å². The van der Waals surface area contributed by atoms with E-state index in [2.05, 4.69) is 4.98 Å². The van der Waals surface area contributed by atoms with Crippen LogP contribution in [0.15, 0.2) is 28.0 Å². The Morgan fingerprint density at radius 3 is 2.54 bits per heavy atom. The van der Waals surface area contributed by atoms with Crippen molar-refractivity contribution in [1.29, 1.82) is 0 Å². The molecule has 10 nitrogen and oxygen atoms in total. The van der Waals surface area contributed by atoms with Crippen molar-refractivity contribution in [3.8, 4) is 5.75 Å². The first-order chi connectivity index (χ1) is 13.3. The Labute approximate surface area is 165 Å². The topological polar surface area (TPSA) is 149 Å². The minimum atomic E-state index is -1.17. The number of esters is 2. The van der Waals surface area contributed by atoms with E-state index in [4.69, 9.17) is 9.47 Å². The molecule has 28 heavy (non-hydrogen) atoms. The number of thiazole rings is 1. The van der Waals surface area contributed by atoms with E-state index in [-0.39, 0.29) is 17.0 Å². The number of H-pyrrole nitrogens is 1. The minimum Gasteiger partial charge on any atom is -0.508 e. The van der Waals surface area contributed by atoms with Crippen LogP contribution in [0.4, 0.5) is 5.69 Å². The maximum absolute atomic E-state index is 12.6. The molecule has 0 unspecified atom stereocenters. The lowest BCUT2D eigenvalue weighted by atomic mass is 9.81. The Morgan fingerprint density at radius 1 is 1.25 bits per heavy atom. The summed E-state index contributed by atoms with van der Waals surface area (Å²) >= 11 is 1.74. The summed E-state index contributed by atoms with van der Waals surface area (Å²) in [4.78, 5) is 49.9. The summed E-state index contributed by atoms with van der Waals surface area (Å²) in [6.45, 7) is 0. The van der Waals surface area contributed by atoms with Crippen molar-refractivity contribution < 1.29 is 29.1 Å². The standard InChI is InChI=1S/C16H14N2O8S2/c1-25-14(20)10-9(7-5-6(18(23)24)3-4-8(7)19)11-13(17-16(22)28-11)27-12(10)15(21)26-2/h3-5,9-10,12,19H,1-2H3,(H,17,22)/t9-,10+,12+/m0/s1. The van der Waals surface area contributed by atoms with Crippen LogP contribution in [0.1, 0.15) is 16.4 Å². The van der Waals surface area contributed by atoms with Gasteiger partial charge in [0.1, 0.15) is 11.0 Å².